The van der Waals surface area contributed by atoms with Gasteiger partial charge in [-0.3, -0.25) is 0 Å². The fourth-order valence-electron chi connectivity index (χ4n) is 1.46. The van der Waals surface area contributed by atoms with Crippen LogP contribution in [0.1, 0.15) is 24.0 Å². The number of benzene rings is 1. The molecule has 1 aliphatic rings. The van der Waals surface area contributed by atoms with Crippen LogP contribution in [-0.2, 0) is 0 Å². The van der Waals surface area contributed by atoms with Crippen LogP contribution in [-0.4, -0.2) is 6.54 Å². The monoisotopic (exact) mass is 186 g/mol. The molecule has 0 atom stereocenters. The van der Waals surface area contributed by atoms with Gasteiger partial charge in [-0.05, 0) is 43.4 Å². The van der Waals surface area contributed by atoms with Crippen molar-refractivity contribution < 1.29 is 0 Å². The van der Waals surface area contributed by atoms with Gasteiger partial charge in [-0.15, -0.1) is 0 Å². The lowest BCUT2D eigenvalue weighted by molar-refractivity contribution is 0.888. The van der Waals surface area contributed by atoms with Crippen LogP contribution in [0.2, 0.25) is 0 Å². The summed E-state index contributed by atoms with van der Waals surface area (Å²) in [5, 5.41) is 12.2. The summed E-state index contributed by atoms with van der Waals surface area (Å²) in [6.45, 7) is 3.12. The summed E-state index contributed by atoms with van der Waals surface area (Å²) in [6, 6.07) is 7.94. The summed E-state index contributed by atoms with van der Waals surface area (Å²) in [4.78, 5) is 0. The Kier molecular flexibility index (Phi) is 2.41. The summed E-state index contributed by atoms with van der Waals surface area (Å²) in [5.41, 5.74) is 3.05. The molecule has 72 valence electrons. The number of aryl methyl sites for hydroxylation is 1. The zero-order chi connectivity index (χ0) is 9.97. The highest BCUT2D eigenvalue weighted by Crippen LogP contribution is 2.29. The number of hydrogen-bond acceptors (Lipinski definition) is 2. The molecule has 0 radical (unpaired) electrons. The third-order valence-corrected chi connectivity index (χ3v) is 2.64. The van der Waals surface area contributed by atoms with E-state index in [1.807, 2.05) is 18.2 Å². The van der Waals surface area contributed by atoms with E-state index in [0.717, 1.165) is 23.7 Å². The molecule has 2 heteroatoms. The molecule has 0 aliphatic heterocycles. The molecular weight excluding hydrogens is 172 g/mol. The number of anilines is 1. The SMILES string of the molecule is Cc1ccc(C#N)cc1NCC1CC1. The smallest absolute Gasteiger partial charge is 0.0992 e. The van der Waals surface area contributed by atoms with Crippen LogP contribution < -0.4 is 5.32 Å². The van der Waals surface area contributed by atoms with Crippen LogP contribution >= 0.6 is 0 Å². The topological polar surface area (TPSA) is 35.8 Å². The second kappa shape index (κ2) is 3.71. The molecule has 0 heterocycles. The van der Waals surface area contributed by atoms with E-state index in [1.165, 1.54) is 18.4 Å². The van der Waals surface area contributed by atoms with Crippen LogP contribution in [0, 0.1) is 24.2 Å². The zero-order valence-corrected chi connectivity index (χ0v) is 8.38. The van der Waals surface area contributed by atoms with Crippen molar-refractivity contribution in [1.82, 2.24) is 0 Å². The van der Waals surface area contributed by atoms with Crippen LogP contribution in [0.3, 0.4) is 0 Å². The molecule has 0 unspecified atom stereocenters. The number of rotatable bonds is 3. The van der Waals surface area contributed by atoms with Crippen molar-refractivity contribution in [2.75, 3.05) is 11.9 Å². The van der Waals surface area contributed by atoms with Crippen LogP contribution in [0.4, 0.5) is 5.69 Å². The number of nitriles is 1. The molecule has 14 heavy (non-hydrogen) atoms. The van der Waals surface area contributed by atoms with E-state index < -0.39 is 0 Å². The maximum absolute atomic E-state index is 8.76. The van der Waals surface area contributed by atoms with Gasteiger partial charge in [-0.25, -0.2) is 0 Å². The van der Waals surface area contributed by atoms with Gasteiger partial charge in [0.25, 0.3) is 0 Å². The predicted molar refractivity (Wildman–Crippen MR) is 57.1 cm³/mol. The molecule has 0 saturated heterocycles. The summed E-state index contributed by atoms with van der Waals surface area (Å²) in [5.74, 6) is 0.861. The van der Waals surface area contributed by atoms with E-state index in [2.05, 4.69) is 18.3 Å². The molecule has 1 N–H and O–H groups in total. The van der Waals surface area contributed by atoms with Crippen molar-refractivity contribution in [2.45, 2.75) is 19.8 Å². The Morgan fingerprint density at radius 3 is 2.93 bits per heavy atom. The number of nitrogens with one attached hydrogen (secondary N) is 1. The second-order valence-electron chi connectivity index (χ2n) is 3.97. The highest BCUT2D eigenvalue weighted by atomic mass is 14.9. The molecule has 1 aliphatic carbocycles. The standard InChI is InChI=1S/C12H14N2/c1-9-2-3-11(7-13)6-12(9)14-8-10-4-5-10/h2-3,6,10,14H,4-5,8H2,1H3. The highest BCUT2D eigenvalue weighted by molar-refractivity contribution is 5.55. The minimum absolute atomic E-state index is 0.730. The fourth-order valence-corrected chi connectivity index (χ4v) is 1.46. The lowest BCUT2D eigenvalue weighted by atomic mass is 10.1. The van der Waals surface area contributed by atoms with Gasteiger partial charge < -0.3 is 5.32 Å². The Bertz CT molecular complexity index is 372. The third-order valence-electron chi connectivity index (χ3n) is 2.64. The van der Waals surface area contributed by atoms with E-state index >= 15 is 0 Å². The van der Waals surface area contributed by atoms with Gasteiger partial charge in [-0.2, -0.15) is 5.26 Å². The molecule has 2 rings (SSSR count). The predicted octanol–water partition coefficient (Wildman–Crippen LogP) is 2.69. The van der Waals surface area contributed by atoms with Gasteiger partial charge in [0, 0.05) is 12.2 Å². The van der Waals surface area contributed by atoms with Gasteiger partial charge in [0.2, 0.25) is 0 Å². The Labute approximate surface area is 84.6 Å². The normalized spacial score (nSPS) is 14.9. The largest absolute Gasteiger partial charge is 0.385 e. The van der Waals surface area contributed by atoms with Crippen molar-refractivity contribution in [3.8, 4) is 6.07 Å². The molecule has 1 saturated carbocycles. The molecule has 0 aromatic heterocycles. The summed E-state index contributed by atoms with van der Waals surface area (Å²) in [6.07, 6.45) is 2.70. The van der Waals surface area contributed by atoms with E-state index in [9.17, 15) is 0 Å². The van der Waals surface area contributed by atoms with Crippen LogP contribution in [0.25, 0.3) is 0 Å². The molecule has 0 amide bonds. The van der Waals surface area contributed by atoms with E-state index in [-0.39, 0.29) is 0 Å². The average Bonchev–Trinajstić information content (AvgIpc) is 3.00. The maximum atomic E-state index is 8.76. The van der Waals surface area contributed by atoms with Gasteiger partial charge in [0.05, 0.1) is 11.6 Å². The summed E-state index contributed by atoms with van der Waals surface area (Å²) >= 11 is 0. The fraction of sp³-hybridized carbons (Fsp3) is 0.417. The van der Waals surface area contributed by atoms with Crippen molar-refractivity contribution in [2.24, 2.45) is 5.92 Å². The molecule has 0 spiro atoms. The third kappa shape index (κ3) is 2.05. The number of nitrogens with zero attached hydrogens (tertiary/aromatic N) is 1. The van der Waals surface area contributed by atoms with Crippen molar-refractivity contribution in [3.05, 3.63) is 29.3 Å². The Balaban J connectivity index is 2.09. The van der Waals surface area contributed by atoms with Crippen LogP contribution in [0.5, 0.6) is 0 Å². The van der Waals surface area contributed by atoms with E-state index in [1.54, 1.807) is 0 Å². The van der Waals surface area contributed by atoms with Gasteiger partial charge in [-0.1, -0.05) is 6.07 Å². The zero-order valence-electron chi connectivity index (χ0n) is 8.38. The van der Waals surface area contributed by atoms with E-state index in [4.69, 9.17) is 5.26 Å². The maximum Gasteiger partial charge on any atom is 0.0992 e. The first-order chi connectivity index (χ1) is 6.79. The lowest BCUT2D eigenvalue weighted by Crippen LogP contribution is -2.04. The summed E-state index contributed by atoms with van der Waals surface area (Å²) < 4.78 is 0. The lowest BCUT2D eigenvalue weighted by Gasteiger charge is -2.08. The quantitative estimate of drug-likeness (QED) is 0.787. The first-order valence-corrected chi connectivity index (χ1v) is 5.04. The Morgan fingerprint density at radius 1 is 1.50 bits per heavy atom. The van der Waals surface area contributed by atoms with Crippen molar-refractivity contribution in [3.63, 3.8) is 0 Å². The number of hydrogen-bond donors (Lipinski definition) is 1. The first kappa shape index (κ1) is 9.08. The van der Waals surface area contributed by atoms with Gasteiger partial charge in [0.15, 0.2) is 0 Å². The molecule has 1 aromatic carbocycles. The average molecular weight is 186 g/mol. The Morgan fingerprint density at radius 2 is 2.29 bits per heavy atom. The van der Waals surface area contributed by atoms with Crippen molar-refractivity contribution >= 4 is 5.69 Å². The molecular formula is C12H14N2. The van der Waals surface area contributed by atoms with Crippen LogP contribution in [0.15, 0.2) is 18.2 Å². The molecule has 1 aromatic rings. The second-order valence-corrected chi connectivity index (χ2v) is 3.97. The minimum Gasteiger partial charge on any atom is -0.385 e. The highest BCUT2D eigenvalue weighted by Gasteiger charge is 2.20. The van der Waals surface area contributed by atoms with Gasteiger partial charge >= 0.3 is 0 Å². The van der Waals surface area contributed by atoms with Gasteiger partial charge in [0.1, 0.15) is 0 Å². The molecule has 1 fully saturated rings. The summed E-state index contributed by atoms with van der Waals surface area (Å²) in [7, 11) is 0. The first-order valence-electron chi connectivity index (χ1n) is 5.04. The van der Waals surface area contributed by atoms with E-state index in [0.29, 0.717) is 0 Å². The van der Waals surface area contributed by atoms with Crippen molar-refractivity contribution in [1.29, 1.82) is 5.26 Å². The molecule has 2 nitrogen and oxygen atoms in total. The molecule has 0 bridgehead atoms. The Hall–Kier alpha value is -1.49. The minimum atomic E-state index is 0.730.